The summed E-state index contributed by atoms with van der Waals surface area (Å²) in [6, 6.07) is -0.372. The number of morpholine rings is 1. The molecule has 2 rings (SSSR count). The molecule has 0 aliphatic carbocycles. The number of hydrogen-bond donors (Lipinski definition) is 1. The van der Waals surface area contributed by atoms with Gasteiger partial charge in [0.05, 0.1) is 30.3 Å². The second-order valence-corrected chi connectivity index (χ2v) is 7.03. The average molecular weight is 290 g/mol. The van der Waals surface area contributed by atoms with Gasteiger partial charge in [-0.1, -0.05) is 0 Å². The summed E-state index contributed by atoms with van der Waals surface area (Å²) in [5.41, 5.74) is 0. The van der Waals surface area contributed by atoms with Crippen molar-refractivity contribution < 1.29 is 22.7 Å². The van der Waals surface area contributed by atoms with Crippen molar-refractivity contribution in [1.29, 1.82) is 0 Å². The van der Waals surface area contributed by atoms with Gasteiger partial charge in [0.15, 0.2) is 9.84 Å². The molecule has 2 fully saturated rings. The Hall–Kier alpha value is -1.15. The minimum Gasteiger partial charge on any atom is -0.373 e. The van der Waals surface area contributed by atoms with E-state index >= 15 is 0 Å². The van der Waals surface area contributed by atoms with Crippen LogP contribution in [0.3, 0.4) is 0 Å². The lowest BCUT2D eigenvalue weighted by Gasteiger charge is -2.36. The summed E-state index contributed by atoms with van der Waals surface area (Å²) in [6.07, 6.45) is -0.216. The van der Waals surface area contributed by atoms with Crippen LogP contribution in [-0.2, 0) is 24.2 Å². The number of carbonyl (C=O) groups excluding carboxylic acids is 2. The van der Waals surface area contributed by atoms with E-state index in [0.29, 0.717) is 13.2 Å². The Morgan fingerprint density at radius 2 is 2.11 bits per heavy atom. The fourth-order valence-electron chi connectivity index (χ4n) is 2.51. The van der Waals surface area contributed by atoms with Crippen molar-refractivity contribution in [3.8, 4) is 0 Å². The van der Waals surface area contributed by atoms with Gasteiger partial charge in [-0.2, -0.15) is 0 Å². The summed E-state index contributed by atoms with van der Waals surface area (Å²) in [5, 5.41) is 2.56. The summed E-state index contributed by atoms with van der Waals surface area (Å²) >= 11 is 0. The van der Waals surface area contributed by atoms with E-state index in [-0.39, 0.29) is 42.3 Å². The van der Waals surface area contributed by atoms with Gasteiger partial charge < -0.3 is 15.0 Å². The van der Waals surface area contributed by atoms with Gasteiger partial charge in [-0.3, -0.25) is 9.59 Å². The quantitative estimate of drug-likeness (QED) is 0.685. The standard InChI is InChI=1S/C11H18N2O5S/c1-8(14)12-3-2-11(15)13-4-5-18-10-7-19(16,17)6-9(10)13/h9-10H,2-7H2,1H3,(H,12,14). The van der Waals surface area contributed by atoms with Gasteiger partial charge in [-0.05, 0) is 0 Å². The van der Waals surface area contributed by atoms with E-state index in [4.69, 9.17) is 4.74 Å². The molecule has 1 N–H and O–H groups in total. The first-order valence-electron chi connectivity index (χ1n) is 6.25. The van der Waals surface area contributed by atoms with E-state index in [9.17, 15) is 18.0 Å². The lowest BCUT2D eigenvalue weighted by Crippen LogP contribution is -2.53. The second-order valence-electron chi connectivity index (χ2n) is 4.87. The molecule has 0 radical (unpaired) electrons. The highest BCUT2D eigenvalue weighted by Crippen LogP contribution is 2.24. The zero-order valence-electron chi connectivity index (χ0n) is 10.8. The van der Waals surface area contributed by atoms with Gasteiger partial charge in [0.25, 0.3) is 0 Å². The molecule has 0 bridgehead atoms. The van der Waals surface area contributed by atoms with Gasteiger partial charge >= 0.3 is 0 Å². The maximum atomic E-state index is 12.1. The Morgan fingerprint density at radius 1 is 1.37 bits per heavy atom. The van der Waals surface area contributed by atoms with Crippen LogP contribution in [0, 0.1) is 0 Å². The average Bonchev–Trinajstić information content (AvgIpc) is 2.61. The predicted octanol–water partition coefficient (Wildman–Crippen LogP) is -1.46. The van der Waals surface area contributed by atoms with E-state index in [1.165, 1.54) is 6.92 Å². The molecule has 2 unspecified atom stereocenters. The van der Waals surface area contributed by atoms with E-state index in [1.807, 2.05) is 0 Å². The summed E-state index contributed by atoms with van der Waals surface area (Å²) in [7, 11) is -3.12. The molecule has 2 atom stereocenters. The van der Waals surface area contributed by atoms with Gasteiger partial charge in [-0.25, -0.2) is 8.42 Å². The summed E-state index contributed by atoms with van der Waals surface area (Å²) in [6.45, 7) is 2.44. The third-order valence-corrected chi connectivity index (χ3v) is 5.06. The fourth-order valence-corrected chi connectivity index (χ4v) is 4.38. The lowest BCUT2D eigenvalue weighted by molar-refractivity contribution is -0.142. The first-order chi connectivity index (χ1) is 8.89. The van der Waals surface area contributed by atoms with E-state index in [0.717, 1.165) is 0 Å². The number of nitrogens with zero attached hydrogens (tertiary/aromatic N) is 1. The number of ether oxygens (including phenoxy) is 1. The molecule has 2 amide bonds. The van der Waals surface area contributed by atoms with Gasteiger partial charge in [0, 0.05) is 26.4 Å². The van der Waals surface area contributed by atoms with Crippen LogP contribution in [0.15, 0.2) is 0 Å². The van der Waals surface area contributed by atoms with Crippen molar-refractivity contribution >= 4 is 21.7 Å². The van der Waals surface area contributed by atoms with Gasteiger partial charge in [-0.15, -0.1) is 0 Å². The van der Waals surface area contributed by atoms with Crippen LogP contribution in [0.2, 0.25) is 0 Å². The van der Waals surface area contributed by atoms with Gasteiger partial charge in [0.2, 0.25) is 11.8 Å². The number of nitrogens with one attached hydrogen (secondary N) is 1. The van der Waals surface area contributed by atoms with Crippen LogP contribution in [0.25, 0.3) is 0 Å². The molecule has 0 saturated carbocycles. The third-order valence-electron chi connectivity index (χ3n) is 3.37. The van der Waals surface area contributed by atoms with Crippen LogP contribution in [-0.4, -0.2) is 68.5 Å². The third kappa shape index (κ3) is 3.44. The van der Waals surface area contributed by atoms with Crippen LogP contribution in [0.4, 0.5) is 0 Å². The largest absolute Gasteiger partial charge is 0.373 e. The molecule has 19 heavy (non-hydrogen) atoms. The topological polar surface area (TPSA) is 92.8 Å². The Labute approximate surface area is 112 Å². The molecule has 2 saturated heterocycles. The summed E-state index contributed by atoms with van der Waals surface area (Å²) < 4.78 is 28.6. The number of hydrogen-bond acceptors (Lipinski definition) is 5. The number of carbonyl (C=O) groups is 2. The maximum Gasteiger partial charge on any atom is 0.224 e. The number of amides is 2. The van der Waals surface area contributed by atoms with Crippen molar-refractivity contribution in [2.45, 2.75) is 25.5 Å². The minimum atomic E-state index is -3.12. The van der Waals surface area contributed by atoms with E-state index in [2.05, 4.69) is 5.32 Å². The summed E-state index contributed by atoms with van der Waals surface area (Å²) in [5.74, 6) is -0.350. The summed E-state index contributed by atoms with van der Waals surface area (Å²) in [4.78, 5) is 24.4. The molecule has 2 aliphatic heterocycles. The number of sulfone groups is 1. The number of rotatable bonds is 3. The zero-order chi connectivity index (χ0) is 14.0. The molecule has 8 heteroatoms. The molecule has 108 valence electrons. The Kier molecular flexibility index (Phi) is 4.10. The molecule has 0 aromatic carbocycles. The Bertz CT molecular complexity index is 475. The predicted molar refractivity (Wildman–Crippen MR) is 67.2 cm³/mol. The van der Waals surface area contributed by atoms with Crippen molar-refractivity contribution in [3.63, 3.8) is 0 Å². The zero-order valence-corrected chi connectivity index (χ0v) is 11.6. The highest BCUT2D eigenvalue weighted by atomic mass is 32.2. The van der Waals surface area contributed by atoms with Gasteiger partial charge in [0.1, 0.15) is 0 Å². The first-order valence-corrected chi connectivity index (χ1v) is 8.07. The smallest absolute Gasteiger partial charge is 0.224 e. The van der Waals surface area contributed by atoms with E-state index in [1.54, 1.807) is 4.90 Å². The normalized spacial score (nSPS) is 28.8. The molecular formula is C11H18N2O5S. The monoisotopic (exact) mass is 290 g/mol. The molecule has 0 aromatic heterocycles. The van der Waals surface area contributed by atoms with Crippen LogP contribution in [0.1, 0.15) is 13.3 Å². The first kappa shape index (κ1) is 14.3. The van der Waals surface area contributed by atoms with Crippen LogP contribution in [0.5, 0.6) is 0 Å². The molecule has 0 aromatic rings. The second kappa shape index (κ2) is 5.46. The molecule has 7 nitrogen and oxygen atoms in total. The molecule has 2 aliphatic rings. The minimum absolute atomic E-state index is 0.00680. The highest BCUT2D eigenvalue weighted by Gasteiger charge is 2.45. The van der Waals surface area contributed by atoms with Crippen LogP contribution < -0.4 is 5.32 Å². The Balaban J connectivity index is 1.95. The molecule has 2 heterocycles. The maximum absolute atomic E-state index is 12.1. The molecule has 0 spiro atoms. The lowest BCUT2D eigenvalue weighted by atomic mass is 10.1. The van der Waals surface area contributed by atoms with Crippen molar-refractivity contribution in [3.05, 3.63) is 0 Å². The van der Waals surface area contributed by atoms with Crippen molar-refractivity contribution in [2.24, 2.45) is 0 Å². The van der Waals surface area contributed by atoms with Crippen LogP contribution >= 0.6 is 0 Å². The fraction of sp³-hybridized carbons (Fsp3) is 0.818. The highest BCUT2D eigenvalue weighted by molar-refractivity contribution is 7.91. The number of fused-ring (bicyclic) bond motifs is 1. The molecular weight excluding hydrogens is 272 g/mol. The van der Waals surface area contributed by atoms with E-state index < -0.39 is 15.9 Å². The van der Waals surface area contributed by atoms with Crippen molar-refractivity contribution in [1.82, 2.24) is 10.2 Å². The Morgan fingerprint density at radius 3 is 2.79 bits per heavy atom. The SMILES string of the molecule is CC(=O)NCCC(=O)N1CCOC2CS(=O)(=O)CC21. The van der Waals surface area contributed by atoms with Crippen molar-refractivity contribution in [2.75, 3.05) is 31.2 Å².